The third kappa shape index (κ3) is 19.6. The molecule has 2 aromatic rings. The first kappa shape index (κ1) is 57.4. The highest BCUT2D eigenvalue weighted by molar-refractivity contribution is 8.00. The third-order valence-electron chi connectivity index (χ3n) is 11.4. The lowest BCUT2D eigenvalue weighted by molar-refractivity contribution is -0.123. The van der Waals surface area contributed by atoms with Gasteiger partial charge in [0, 0.05) is 93.2 Å². The summed E-state index contributed by atoms with van der Waals surface area (Å²) in [4.78, 5) is 72.9. The number of thioether (sulfide) groups is 1. The van der Waals surface area contributed by atoms with E-state index in [1.165, 1.54) is 12.1 Å². The predicted molar refractivity (Wildman–Crippen MR) is 259 cm³/mol. The molecular formula is C45H67N9O15S. The van der Waals surface area contributed by atoms with Gasteiger partial charge in [0.15, 0.2) is 0 Å². The number of carbonyl (C=O) groups is 5. The second kappa shape index (κ2) is 29.9. The van der Waals surface area contributed by atoms with Crippen LogP contribution >= 0.6 is 11.8 Å². The van der Waals surface area contributed by atoms with Gasteiger partial charge in [-0.3, -0.25) is 29.2 Å². The molecule has 0 aliphatic carbocycles. The summed E-state index contributed by atoms with van der Waals surface area (Å²) in [5.41, 5.74) is 1.20. The molecule has 2 heterocycles. The van der Waals surface area contributed by atoms with Gasteiger partial charge in [-0.25, -0.2) is 4.79 Å². The molecule has 2 aliphatic heterocycles. The van der Waals surface area contributed by atoms with Crippen LogP contribution in [0.4, 0.5) is 27.5 Å². The minimum absolute atomic E-state index is 0.0277. The molecule has 0 saturated carbocycles. The van der Waals surface area contributed by atoms with Crippen molar-refractivity contribution in [2.24, 2.45) is 9.98 Å². The number of aliphatic hydroxyl groups excluding tert-OH is 10. The van der Waals surface area contributed by atoms with Crippen LogP contribution in [-0.2, 0) is 19.2 Å². The molecule has 388 valence electrons. The number of rotatable bonds is 31. The number of carbonyl (C=O) groups excluding carboxylic acids is 5. The minimum Gasteiger partial charge on any atom is -0.394 e. The van der Waals surface area contributed by atoms with Crippen molar-refractivity contribution in [3.63, 3.8) is 0 Å². The zero-order valence-electron chi connectivity index (χ0n) is 38.5. The zero-order chi connectivity index (χ0) is 51.2. The predicted octanol–water partition coefficient (Wildman–Crippen LogP) is -3.03. The molecule has 70 heavy (non-hydrogen) atoms. The summed E-state index contributed by atoms with van der Waals surface area (Å²) >= 11 is 1.82. The number of anilines is 2. The highest BCUT2D eigenvalue weighted by Gasteiger charge is 2.42. The first-order valence-electron chi connectivity index (χ1n) is 23.0. The standard InChI is InChI=1S/C45H67N9O15S/c55-23-33(59)43(67)41(65)31(57)21-48-26-5-3-7-28(19-26)50-38(63)12-16-54(17-13-39(64)51-29-8-4-6-27(20-29)49-22-32(58)42(66)44(68)34(60)24-56)18-15-47-37(62)11-14-46-36(61)10-2-1-9-35-40-30(25-70-35)52-45(69)53-40/h3-8,19-22,30-35,40-44,55-60,65-68H,1-2,9-18,23-25H2,(H,46,61)(H,47,62)(H,50,63)(H,51,64)(H2,52,53,69)/t30-,31?,32?,33?,34?,35?,40-,41+,42+,43-,44-/m1/s1. The number of urea groups is 1. The number of nitrogens with zero attached hydrogens (tertiary/aromatic N) is 3. The van der Waals surface area contributed by atoms with E-state index >= 15 is 0 Å². The van der Waals surface area contributed by atoms with Crippen LogP contribution in [0.25, 0.3) is 0 Å². The number of nitrogens with one attached hydrogen (secondary N) is 6. The van der Waals surface area contributed by atoms with E-state index in [1.807, 2.05) is 11.8 Å². The number of unbranched alkanes of at least 4 members (excludes halogenated alkanes) is 1. The van der Waals surface area contributed by atoms with E-state index in [9.17, 15) is 64.8 Å². The lowest BCUT2D eigenvalue weighted by Gasteiger charge is -2.23. The van der Waals surface area contributed by atoms with E-state index in [-0.39, 0.29) is 93.3 Å². The molecule has 24 nitrogen and oxygen atoms in total. The Bertz CT molecular complexity index is 1960. The Morgan fingerprint density at radius 1 is 0.657 bits per heavy atom. The smallest absolute Gasteiger partial charge is 0.315 e. The van der Waals surface area contributed by atoms with Gasteiger partial charge in [-0.1, -0.05) is 18.6 Å². The van der Waals surface area contributed by atoms with Crippen LogP contribution in [0.1, 0.15) is 44.9 Å². The fraction of sp³-hybridized carbons (Fsp3) is 0.578. The number of aliphatic hydroxyl groups is 10. The van der Waals surface area contributed by atoms with Crippen molar-refractivity contribution in [2.45, 2.75) is 111 Å². The quantitative estimate of drug-likeness (QED) is 0.0203. The Hall–Kier alpha value is -5.16. The molecule has 0 bridgehead atoms. The van der Waals surface area contributed by atoms with Gasteiger partial charge in [-0.2, -0.15) is 11.8 Å². The summed E-state index contributed by atoms with van der Waals surface area (Å²) in [6.07, 6.45) is -9.65. The van der Waals surface area contributed by atoms with E-state index < -0.39 is 73.9 Å². The second-order valence-electron chi connectivity index (χ2n) is 16.9. The fourth-order valence-corrected chi connectivity index (χ4v) is 8.87. The number of benzene rings is 2. The average Bonchev–Trinajstić information content (AvgIpc) is 3.91. The molecule has 0 radical (unpaired) electrons. The number of hydrogen-bond acceptors (Lipinski definition) is 19. The van der Waals surface area contributed by atoms with Crippen LogP contribution < -0.4 is 31.9 Å². The van der Waals surface area contributed by atoms with Crippen molar-refractivity contribution in [1.82, 2.24) is 26.2 Å². The molecule has 2 aliphatic rings. The van der Waals surface area contributed by atoms with Crippen LogP contribution in [0.15, 0.2) is 58.5 Å². The van der Waals surface area contributed by atoms with E-state index in [4.69, 9.17) is 10.2 Å². The van der Waals surface area contributed by atoms with Crippen molar-refractivity contribution in [2.75, 3.05) is 62.3 Å². The third-order valence-corrected chi connectivity index (χ3v) is 12.9. The Balaban J connectivity index is 1.26. The molecule has 0 spiro atoms. The van der Waals surface area contributed by atoms with Crippen molar-refractivity contribution in [3.8, 4) is 0 Å². The van der Waals surface area contributed by atoms with Gasteiger partial charge in [0.25, 0.3) is 0 Å². The van der Waals surface area contributed by atoms with Crippen LogP contribution in [-0.4, -0.2) is 216 Å². The van der Waals surface area contributed by atoms with Crippen molar-refractivity contribution >= 4 is 76.6 Å². The monoisotopic (exact) mass is 1010 g/mol. The van der Waals surface area contributed by atoms with Gasteiger partial charge in [-0.05, 0) is 49.2 Å². The highest BCUT2D eigenvalue weighted by Crippen LogP contribution is 2.33. The van der Waals surface area contributed by atoms with Crippen molar-refractivity contribution in [1.29, 1.82) is 0 Å². The van der Waals surface area contributed by atoms with Crippen LogP contribution in [0, 0.1) is 0 Å². The molecule has 11 atom stereocenters. The first-order chi connectivity index (χ1) is 33.5. The Labute approximate surface area is 408 Å². The highest BCUT2D eigenvalue weighted by atomic mass is 32.2. The fourth-order valence-electron chi connectivity index (χ4n) is 7.33. The summed E-state index contributed by atoms with van der Waals surface area (Å²) in [5.74, 6) is -0.439. The minimum atomic E-state index is -1.85. The second-order valence-corrected chi connectivity index (χ2v) is 18.1. The van der Waals surface area contributed by atoms with Gasteiger partial charge < -0.3 is 87.9 Å². The topological polar surface area (TPSA) is 388 Å². The van der Waals surface area contributed by atoms with E-state index in [0.717, 1.165) is 31.0 Å². The SMILES string of the molecule is O=C(CCCCC1SC[C@H]2NC(=O)N[C@@H]12)NCCC(=O)NCCN(CCC(=O)Nc1cccc(N=CC(O)[C@H](O)[C@H](O)C(O)CO)c1)CCC(=O)Nc1cccc(N=CC(O)[C@H](O)[C@H](O)C(O)CO)c1. The summed E-state index contributed by atoms with van der Waals surface area (Å²) in [5, 5.41) is 114. The summed E-state index contributed by atoms with van der Waals surface area (Å²) < 4.78 is 0. The summed E-state index contributed by atoms with van der Waals surface area (Å²) in [6.45, 7) is -0.841. The van der Waals surface area contributed by atoms with Crippen LogP contribution in [0.2, 0.25) is 0 Å². The Kier molecular flexibility index (Phi) is 24.5. The number of amides is 6. The lowest BCUT2D eigenvalue weighted by Crippen LogP contribution is -2.46. The normalized spacial score (nSPS) is 20.2. The largest absolute Gasteiger partial charge is 0.394 e. The molecule has 2 aromatic carbocycles. The van der Waals surface area contributed by atoms with Gasteiger partial charge >= 0.3 is 6.03 Å². The van der Waals surface area contributed by atoms with Crippen LogP contribution in [0.5, 0.6) is 0 Å². The maximum Gasteiger partial charge on any atom is 0.315 e. The van der Waals surface area contributed by atoms with Gasteiger partial charge in [0.05, 0.1) is 36.7 Å². The molecule has 4 rings (SSSR count). The number of fused-ring (bicyclic) bond motifs is 1. The summed E-state index contributed by atoms with van der Waals surface area (Å²) in [6, 6.07) is 12.5. The van der Waals surface area contributed by atoms with Crippen molar-refractivity contribution < 1.29 is 75.0 Å². The maximum absolute atomic E-state index is 13.1. The first-order valence-corrected chi connectivity index (χ1v) is 24.0. The van der Waals surface area contributed by atoms with E-state index in [0.29, 0.717) is 29.5 Å². The maximum atomic E-state index is 13.1. The summed E-state index contributed by atoms with van der Waals surface area (Å²) in [7, 11) is 0. The molecule has 0 aromatic heterocycles. The van der Waals surface area contributed by atoms with Crippen LogP contribution in [0.3, 0.4) is 0 Å². The molecule has 2 fully saturated rings. The Morgan fingerprint density at radius 3 is 1.70 bits per heavy atom. The average molecular weight is 1010 g/mol. The molecule has 25 heteroatoms. The molecule has 5 unspecified atom stereocenters. The van der Waals surface area contributed by atoms with Gasteiger partial charge in [0.2, 0.25) is 23.6 Å². The lowest BCUT2D eigenvalue weighted by atomic mass is 10.0. The van der Waals surface area contributed by atoms with Gasteiger partial charge in [-0.15, -0.1) is 0 Å². The van der Waals surface area contributed by atoms with E-state index in [2.05, 4.69) is 41.9 Å². The molecule has 6 amide bonds. The number of aliphatic imine (C=N–C) groups is 2. The molecule has 16 N–H and O–H groups in total. The number of hydrogen-bond donors (Lipinski definition) is 16. The van der Waals surface area contributed by atoms with E-state index in [1.54, 1.807) is 41.3 Å². The van der Waals surface area contributed by atoms with Gasteiger partial charge in [0.1, 0.15) is 48.8 Å². The van der Waals surface area contributed by atoms with Crippen molar-refractivity contribution in [3.05, 3.63) is 48.5 Å². The zero-order valence-corrected chi connectivity index (χ0v) is 39.3. The Morgan fingerprint density at radius 2 is 1.17 bits per heavy atom. The molecule has 2 saturated heterocycles. The molecular weight excluding hydrogens is 939 g/mol.